The van der Waals surface area contributed by atoms with E-state index in [9.17, 15) is 12.8 Å². The molecule has 0 radical (unpaired) electrons. The van der Waals surface area contributed by atoms with Gasteiger partial charge in [-0.15, -0.1) is 0 Å². The van der Waals surface area contributed by atoms with Gasteiger partial charge in [-0.25, -0.2) is 12.8 Å². The van der Waals surface area contributed by atoms with Gasteiger partial charge in [0.2, 0.25) is 10.0 Å². The Morgan fingerprint density at radius 3 is 2.71 bits per heavy atom. The van der Waals surface area contributed by atoms with E-state index in [1.165, 1.54) is 16.4 Å². The number of benzene rings is 1. The van der Waals surface area contributed by atoms with Crippen molar-refractivity contribution in [2.24, 2.45) is 0 Å². The van der Waals surface area contributed by atoms with Gasteiger partial charge in [0.25, 0.3) is 0 Å². The number of sulfonamides is 1. The largest absolute Gasteiger partial charge is 0.314 e. The third kappa shape index (κ3) is 4.17. The maximum Gasteiger partial charge on any atom is 0.235 e. The van der Waals surface area contributed by atoms with Crippen LogP contribution < -0.4 is 9.62 Å². The molecule has 1 atom stereocenters. The highest BCUT2D eigenvalue weighted by Gasteiger charge is 2.25. The summed E-state index contributed by atoms with van der Waals surface area (Å²) in [5, 5.41) is 3.34. The van der Waals surface area contributed by atoms with Gasteiger partial charge in [0, 0.05) is 12.6 Å². The Labute approximate surface area is 126 Å². The number of rotatable bonds is 6. The summed E-state index contributed by atoms with van der Waals surface area (Å²) >= 11 is 0. The van der Waals surface area contributed by atoms with Crippen LogP contribution in [0.5, 0.6) is 0 Å². The van der Waals surface area contributed by atoms with Crippen molar-refractivity contribution in [2.45, 2.75) is 38.6 Å². The summed E-state index contributed by atoms with van der Waals surface area (Å²) in [4.78, 5) is 0. The third-order valence-corrected chi connectivity index (χ3v) is 5.76. The van der Waals surface area contributed by atoms with Gasteiger partial charge >= 0.3 is 0 Å². The molecular formula is C15H23FN2O2S. The zero-order valence-electron chi connectivity index (χ0n) is 12.4. The maximum atomic E-state index is 13.8. The monoisotopic (exact) mass is 314 g/mol. The second-order valence-electron chi connectivity index (χ2n) is 5.37. The summed E-state index contributed by atoms with van der Waals surface area (Å²) in [6, 6.07) is 6.27. The van der Waals surface area contributed by atoms with Crippen LogP contribution in [0.3, 0.4) is 0 Å². The van der Waals surface area contributed by atoms with Crippen molar-refractivity contribution in [3.8, 4) is 0 Å². The molecule has 0 bridgehead atoms. The molecule has 0 aliphatic carbocycles. The van der Waals surface area contributed by atoms with Crippen LogP contribution in [-0.4, -0.2) is 33.3 Å². The highest BCUT2D eigenvalue weighted by atomic mass is 32.2. The Morgan fingerprint density at radius 1 is 1.33 bits per heavy atom. The van der Waals surface area contributed by atoms with E-state index in [1.54, 1.807) is 19.1 Å². The molecule has 6 heteroatoms. The second kappa shape index (κ2) is 7.22. The average molecular weight is 314 g/mol. The summed E-state index contributed by atoms with van der Waals surface area (Å²) in [7, 11) is -3.49. The van der Waals surface area contributed by atoms with Crippen LogP contribution in [0.15, 0.2) is 24.3 Å². The smallest absolute Gasteiger partial charge is 0.235 e. The maximum absolute atomic E-state index is 13.8. The molecule has 1 unspecified atom stereocenters. The summed E-state index contributed by atoms with van der Waals surface area (Å²) < 4.78 is 40.0. The van der Waals surface area contributed by atoms with Gasteiger partial charge in [0.05, 0.1) is 11.4 Å². The fraction of sp³-hybridized carbons (Fsp3) is 0.600. The van der Waals surface area contributed by atoms with Crippen molar-refractivity contribution in [1.29, 1.82) is 0 Å². The quantitative estimate of drug-likeness (QED) is 0.878. The van der Waals surface area contributed by atoms with Crippen LogP contribution in [0.2, 0.25) is 0 Å². The molecule has 1 saturated heterocycles. The number of halogens is 1. The Hall–Kier alpha value is -1.14. The SMILES string of the molecule is CCN(c1ccccc1F)S(=O)(=O)CCC1CCCCN1. The van der Waals surface area contributed by atoms with Crippen molar-refractivity contribution < 1.29 is 12.8 Å². The molecule has 1 N–H and O–H groups in total. The number of para-hydroxylation sites is 1. The van der Waals surface area contributed by atoms with E-state index < -0.39 is 15.8 Å². The molecule has 1 fully saturated rings. The number of hydrogen-bond donors (Lipinski definition) is 1. The average Bonchev–Trinajstić information content (AvgIpc) is 2.49. The molecule has 0 spiro atoms. The van der Waals surface area contributed by atoms with Gasteiger partial charge in [-0.2, -0.15) is 0 Å². The molecule has 1 aromatic carbocycles. The van der Waals surface area contributed by atoms with Crippen molar-refractivity contribution in [3.05, 3.63) is 30.1 Å². The number of anilines is 1. The van der Waals surface area contributed by atoms with E-state index in [1.807, 2.05) is 0 Å². The molecule has 0 amide bonds. The van der Waals surface area contributed by atoms with E-state index >= 15 is 0 Å². The van der Waals surface area contributed by atoms with Gasteiger partial charge in [-0.3, -0.25) is 4.31 Å². The molecule has 2 rings (SSSR count). The first-order valence-electron chi connectivity index (χ1n) is 7.53. The molecule has 1 aromatic rings. The lowest BCUT2D eigenvalue weighted by Gasteiger charge is -2.26. The summed E-state index contributed by atoms with van der Waals surface area (Å²) in [6.45, 7) is 2.92. The predicted octanol–water partition coefficient (Wildman–Crippen LogP) is 2.51. The number of nitrogens with zero attached hydrogens (tertiary/aromatic N) is 1. The van der Waals surface area contributed by atoms with Crippen molar-refractivity contribution in [1.82, 2.24) is 5.32 Å². The fourth-order valence-corrected chi connectivity index (χ4v) is 4.39. The Morgan fingerprint density at radius 2 is 2.10 bits per heavy atom. The molecule has 0 aromatic heterocycles. The number of piperidine rings is 1. The fourth-order valence-electron chi connectivity index (χ4n) is 2.74. The van der Waals surface area contributed by atoms with E-state index in [-0.39, 0.29) is 24.0 Å². The number of nitrogens with one attached hydrogen (secondary N) is 1. The molecule has 4 nitrogen and oxygen atoms in total. The molecule has 1 heterocycles. The minimum Gasteiger partial charge on any atom is -0.314 e. The van der Waals surface area contributed by atoms with Crippen molar-refractivity contribution >= 4 is 15.7 Å². The van der Waals surface area contributed by atoms with E-state index in [0.29, 0.717) is 6.42 Å². The zero-order chi connectivity index (χ0) is 15.3. The second-order valence-corrected chi connectivity index (χ2v) is 7.38. The van der Waals surface area contributed by atoms with Crippen LogP contribution in [0.1, 0.15) is 32.6 Å². The molecule has 0 saturated carbocycles. The third-order valence-electron chi connectivity index (χ3n) is 3.88. The Balaban J connectivity index is 2.07. The molecule has 1 aliphatic heterocycles. The standard InChI is InChI=1S/C15H23FN2O2S/c1-2-18(15-9-4-3-8-14(15)16)21(19,20)12-10-13-7-5-6-11-17-13/h3-4,8-9,13,17H,2,5-7,10-12H2,1H3. The van der Waals surface area contributed by atoms with Crippen LogP contribution >= 0.6 is 0 Å². The van der Waals surface area contributed by atoms with Crippen LogP contribution in [0.25, 0.3) is 0 Å². The van der Waals surface area contributed by atoms with Gasteiger partial charge in [0.1, 0.15) is 5.82 Å². The van der Waals surface area contributed by atoms with E-state index in [2.05, 4.69) is 5.32 Å². The first-order chi connectivity index (χ1) is 10.0. The van der Waals surface area contributed by atoms with Crippen molar-refractivity contribution in [2.75, 3.05) is 23.1 Å². The normalized spacial score (nSPS) is 19.4. The Bertz CT molecular complexity index is 557. The van der Waals surface area contributed by atoms with Crippen LogP contribution in [-0.2, 0) is 10.0 Å². The summed E-state index contributed by atoms with van der Waals surface area (Å²) in [6.07, 6.45) is 3.89. The Kier molecular flexibility index (Phi) is 5.58. The number of hydrogen-bond acceptors (Lipinski definition) is 3. The van der Waals surface area contributed by atoms with Gasteiger partial charge in [-0.05, 0) is 44.9 Å². The topological polar surface area (TPSA) is 49.4 Å². The predicted molar refractivity (Wildman–Crippen MR) is 83.5 cm³/mol. The molecule has 118 valence electrons. The molecule has 21 heavy (non-hydrogen) atoms. The molecular weight excluding hydrogens is 291 g/mol. The lowest BCUT2D eigenvalue weighted by Crippen LogP contribution is -2.39. The van der Waals surface area contributed by atoms with Gasteiger partial charge in [0.15, 0.2) is 0 Å². The minimum atomic E-state index is -3.49. The highest BCUT2D eigenvalue weighted by Crippen LogP contribution is 2.23. The van der Waals surface area contributed by atoms with E-state index in [0.717, 1.165) is 25.8 Å². The highest BCUT2D eigenvalue weighted by molar-refractivity contribution is 7.92. The van der Waals surface area contributed by atoms with Crippen LogP contribution in [0, 0.1) is 5.82 Å². The van der Waals surface area contributed by atoms with Crippen molar-refractivity contribution in [3.63, 3.8) is 0 Å². The first-order valence-corrected chi connectivity index (χ1v) is 9.14. The van der Waals surface area contributed by atoms with Gasteiger partial charge in [-0.1, -0.05) is 18.6 Å². The molecule has 1 aliphatic rings. The van der Waals surface area contributed by atoms with Gasteiger partial charge < -0.3 is 5.32 Å². The van der Waals surface area contributed by atoms with E-state index in [4.69, 9.17) is 0 Å². The summed E-state index contributed by atoms with van der Waals surface area (Å²) in [5.74, 6) is -0.453. The lowest BCUT2D eigenvalue weighted by atomic mass is 10.0. The summed E-state index contributed by atoms with van der Waals surface area (Å²) in [5.41, 5.74) is 0.136. The van der Waals surface area contributed by atoms with Crippen LogP contribution in [0.4, 0.5) is 10.1 Å². The minimum absolute atomic E-state index is 0.0485. The zero-order valence-corrected chi connectivity index (χ0v) is 13.2. The lowest BCUT2D eigenvalue weighted by molar-refractivity contribution is 0.392. The first kappa shape index (κ1) is 16.2.